The van der Waals surface area contributed by atoms with Crippen LogP contribution in [0.5, 0.6) is 0 Å². The Balaban J connectivity index is 0.000000707. The quantitative estimate of drug-likeness (QED) is 0.481. The van der Waals surface area contributed by atoms with Gasteiger partial charge in [0.2, 0.25) is 0 Å². The molecule has 29 heavy (non-hydrogen) atoms. The third kappa shape index (κ3) is 3.63. The molecule has 2 aromatic rings. The van der Waals surface area contributed by atoms with Gasteiger partial charge in [-0.3, -0.25) is 0 Å². The molecule has 156 valence electrons. The van der Waals surface area contributed by atoms with Crippen LogP contribution in [0.1, 0.15) is 86.3 Å². The molecule has 0 fully saturated rings. The Kier molecular flexibility index (Phi) is 7.33. The maximum atomic E-state index is 2.46. The minimum absolute atomic E-state index is 0.0885. The molecule has 1 atom stereocenters. The summed E-state index contributed by atoms with van der Waals surface area (Å²) in [6.45, 7) is 22.2. The highest BCUT2D eigenvalue weighted by Gasteiger charge is 2.44. The zero-order valence-electron chi connectivity index (χ0n) is 20.3. The molecule has 2 aliphatic carbocycles. The number of rotatable bonds is 2. The monoisotopic (exact) mass is 388 g/mol. The highest BCUT2D eigenvalue weighted by molar-refractivity contribution is 5.79. The first-order valence-electron chi connectivity index (χ1n) is 11.4. The Hall–Kier alpha value is -2.08. The van der Waals surface area contributed by atoms with Crippen molar-refractivity contribution in [3.8, 4) is 11.1 Å². The SMILES string of the molecule is CC.CC.CC1=C(C)C(C)C(C(C)(C)C2c3ccccc3-c3ccccc32)=C1C. The van der Waals surface area contributed by atoms with Gasteiger partial charge in [0.1, 0.15) is 0 Å². The van der Waals surface area contributed by atoms with E-state index in [2.05, 4.69) is 90.1 Å². The van der Waals surface area contributed by atoms with Gasteiger partial charge < -0.3 is 0 Å². The summed E-state index contributed by atoms with van der Waals surface area (Å²) in [5.74, 6) is 0.959. The molecule has 4 rings (SSSR count). The van der Waals surface area contributed by atoms with E-state index in [1.165, 1.54) is 33.4 Å². The molecule has 2 aromatic carbocycles. The average molecular weight is 389 g/mol. The van der Waals surface area contributed by atoms with E-state index >= 15 is 0 Å². The molecular formula is C29H40. The fourth-order valence-electron chi connectivity index (χ4n) is 5.49. The first-order chi connectivity index (χ1) is 13.9. The van der Waals surface area contributed by atoms with E-state index in [4.69, 9.17) is 0 Å². The third-order valence-electron chi connectivity index (χ3n) is 6.89. The smallest absolute Gasteiger partial charge is 0.0190 e. The van der Waals surface area contributed by atoms with Crippen molar-refractivity contribution in [2.75, 3.05) is 0 Å². The predicted molar refractivity (Wildman–Crippen MR) is 130 cm³/mol. The maximum Gasteiger partial charge on any atom is 0.0190 e. The van der Waals surface area contributed by atoms with Crippen molar-refractivity contribution in [2.45, 2.75) is 75.2 Å². The van der Waals surface area contributed by atoms with Gasteiger partial charge in [0.05, 0.1) is 0 Å². The molecule has 2 aliphatic rings. The van der Waals surface area contributed by atoms with Crippen molar-refractivity contribution >= 4 is 0 Å². The molecule has 0 nitrogen and oxygen atoms in total. The van der Waals surface area contributed by atoms with Crippen molar-refractivity contribution in [1.82, 2.24) is 0 Å². The predicted octanol–water partition coefficient (Wildman–Crippen LogP) is 9.18. The molecule has 0 bridgehead atoms. The number of allylic oxidation sites excluding steroid dienone is 4. The molecular weight excluding hydrogens is 348 g/mol. The zero-order valence-corrected chi connectivity index (χ0v) is 20.3. The van der Waals surface area contributed by atoms with Crippen molar-refractivity contribution < 1.29 is 0 Å². The molecule has 0 N–H and O–H groups in total. The van der Waals surface area contributed by atoms with Gasteiger partial charge in [0, 0.05) is 5.92 Å². The lowest BCUT2D eigenvalue weighted by atomic mass is 9.65. The Morgan fingerprint density at radius 1 is 0.655 bits per heavy atom. The molecule has 0 radical (unpaired) electrons. The summed E-state index contributed by atoms with van der Waals surface area (Å²) in [6.07, 6.45) is 0. The lowest BCUT2D eigenvalue weighted by molar-refractivity contribution is 0.364. The van der Waals surface area contributed by atoms with E-state index in [-0.39, 0.29) is 5.41 Å². The second-order valence-corrected chi connectivity index (χ2v) is 8.40. The number of hydrogen-bond donors (Lipinski definition) is 0. The van der Waals surface area contributed by atoms with Crippen LogP contribution in [0.2, 0.25) is 0 Å². The minimum Gasteiger partial charge on any atom is -0.0683 e. The van der Waals surface area contributed by atoms with E-state index in [1.54, 1.807) is 11.1 Å². The zero-order chi connectivity index (χ0) is 21.9. The fourth-order valence-corrected chi connectivity index (χ4v) is 5.49. The summed E-state index contributed by atoms with van der Waals surface area (Å²) in [5.41, 5.74) is 12.1. The lowest BCUT2D eigenvalue weighted by Gasteiger charge is -2.38. The van der Waals surface area contributed by atoms with E-state index in [0.717, 1.165) is 0 Å². The summed E-state index contributed by atoms with van der Waals surface area (Å²) in [4.78, 5) is 0. The molecule has 0 aliphatic heterocycles. The van der Waals surface area contributed by atoms with E-state index < -0.39 is 0 Å². The summed E-state index contributed by atoms with van der Waals surface area (Å²) in [6, 6.07) is 18.0. The third-order valence-corrected chi connectivity index (χ3v) is 6.89. The van der Waals surface area contributed by atoms with Crippen molar-refractivity contribution in [2.24, 2.45) is 11.3 Å². The Morgan fingerprint density at radius 3 is 1.45 bits per heavy atom. The van der Waals surface area contributed by atoms with Crippen LogP contribution in [0.25, 0.3) is 11.1 Å². The highest BCUT2D eigenvalue weighted by atomic mass is 14.5. The molecule has 0 saturated carbocycles. The Morgan fingerprint density at radius 2 is 1.07 bits per heavy atom. The molecule has 0 heterocycles. The van der Waals surface area contributed by atoms with Crippen LogP contribution in [-0.2, 0) is 0 Å². The largest absolute Gasteiger partial charge is 0.0683 e. The summed E-state index contributed by atoms with van der Waals surface area (Å²) in [5, 5.41) is 0. The van der Waals surface area contributed by atoms with Crippen LogP contribution in [0.3, 0.4) is 0 Å². The first kappa shape index (κ1) is 23.2. The van der Waals surface area contributed by atoms with Crippen LogP contribution in [0, 0.1) is 11.3 Å². The van der Waals surface area contributed by atoms with Crippen LogP contribution < -0.4 is 0 Å². The van der Waals surface area contributed by atoms with Gasteiger partial charge in [-0.25, -0.2) is 0 Å². The minimum atomic E-state index is 0.0885. The number of benzene rings is 2. The second kappa shape index (κ2) is 9.16. The van der Waals surface area contributed by atoms with Gasteiger partial charge in [0.25, 0.3) is 0 Å². The summed E-state index contributed by atoms with van der Waals surface area (Å²) < 4.78 is 0. The van der Waals surface area contributed by atoms with Crippen LogP contribution in [0.4, 0.5) is 0 Å². The van der Waals surface area contributed by atoms with E-state index in [9.17, 15) is 0 Å². The standard InChI is InChI=1S/C25H28.2C2H6/c1-15-16(2)18(4)23(17(15)3)25(5,6)24-21-13-9-7-11-19(21)20-12-8-10-14-22(20)24;2*1-2/h7-14,17,24H,1-6H3;2*1-2H3. The van der Waals surface area contributed by atoms with Gasteiger partial charge >= 0.3 is 0 Å². The van der Waals surface area contributed by atoms with Gasteiger partial charge in [0.15, 0.2) is 0 Å². The molecule has 0 saturated heterocycles. The van der Waals surface area contributed by atoms with Crippen LogP contribution >= 0.6 is 0 Å². The second-order valence-electron chi connectivity index (χ2n) is 8.40. The normalized spacial score (nSPS) is 17.9. The van der Waals surface area contributed by atoms with Crippen molar-refractivity contribution in [3.63, 3.8) is 0 Å². The lowest BCUT2D eigenvalue weighted by Crippen LogP contribution is -2.27. The highest BCUT2D eigenvalue weighted by Crippen LogP contribution is 2.58. The summed E-state index contributed by atoms with van der Waals surface area (Å²) >= 11 is 0. The van der Waals surface area contributed by atoms with Crippen molar-refractivity contribution in [3.05, 3.63) is 82.0 Å². The first-order valence-corrected chi connectivity index (χ1v) is 11.4. The number of hydrogen-bond acceptors (Lipinski definition) is 0. The maximum absolute atomic E-state index is 2.46. The van der Waals surface area contributed by atoms with E-state index in [1.807, 2.05) is 27.7 Å². The topological polar surface area (TPSA) is 0 Å². The molecule has 0 amide bonds. The molecule has 0 heteroatoms. The Bertz CT molecular complexity index is 875. The number of fused-ring (bicyclic) bond motifs is 3. The summed E-state index contributed by atoms with van der Waals surface area (Å²) in [7, 11) is 0. The van der Waals surface area contributed by atoms with Gasteiger partial charge in [-0.05, 0) is 65.5 Å². The Labute approximate surface area is 179 Å². The average Bonchev–Trinajstić information content (AvgIpc) is 3.19. The van der Waals surface area contributed by atoms with E-state index in [0.29, 0.717) is 11.8 Å². The van der Waals surface area contributed by atoms with Gasteiger partial charge in [-0.2, -0.15) is 0 Å². The van der Waals surface area contributed by atoms with Gasteiger partial charge in [-0.15, -0.1) is 0 Å². The molecule has 1 unspecified atom stereocenters. The van der Waals surface area contributed by atoms with Crippen LogP contribution in [0.15, 0.2) is 70.8 Å². The molecule has 0 spiro atoms. The molecule has 0 aromatic heterocycles. The van der Waals surface area contributed by atoms with Crippen LogP contribution in [-0.4, -0.2) is 0 Å². The van der Waals surface area contributed by atoms with Gasteiger partial charge in [-0.1, -0.05) is 108 Å². The van der Waals surface area contributed by atoms with Crippen molar-refractivity contribution in [1.29, 1.82) is 0 Å². The fraction of sp³-hybridized carbons (Fsp3) is 0.448.